The summed E-state index contributed by atoms with van der Waals surface area (Å²) >= 11 is 0. The highest BCUT2D eigenvalue weighted by molar-refractivity contribution is 5.81. The molecule has 2 rings (SSSR count). The van der Waals surface area contributed by atoms with Gasteiger partial charge in [-0.3, -0.25) is 4.79 Å². The molecule has 1 aromatic rings. The van der Waals surface area contributed by atoms with E-state index in [1.54, 1.807) is 12.1 Å². The molecule has 1 unspecified atom stereocenters. The number of piperidine rings is 1. The molecule has 1 aromatic carbocycles. The highest BCUT2D eigenvalue weighted by Crippen LogP contribution is 2.11. The molecule has 1 atom stereocenters. The first-order valence-corrected chi connectivity index (χ1v) is 6.65. The van der Waals surface area contributed by atoms with E-state index >= 15 is 0 Å². The molecule has 1 amide bonds. The first-order valence-electron chi connectivity index (χ1n) is 6.65. The van der Waals surface area contributed by atoms with Gasteiger partial charge < -0.3 is 15.4 Å². The average Bonchev–Trinajstić information content (AvgIpc) is 2.44. The maximum atomic E-state index is 12.9. The summed E-state index contributed by atoms with van der Waals surface area (Å²) in [4.78, 5) is 11.8. The second kappa shape index (κ2) is 7.09. The van der Waals surface area contributed by atoms with Crippen molar-refractivity contribution >= 4 is 5.91 Å². The van der Waals surface area contributed by atoms with Crippen molar-refractivity contribution in [3.63, 3.8) is 0 Å². The molecule has 1 aliphatic rings. The Kier molecular flexibility index (Phi) is 5.15. The standard InChI is InChI=1S/C14H19FN2O2/c15-11-4-3-5-12(10-11)19-9-8-17-14(18)13-6-1-2-7-16-13/h3-5,10,13,16H,1-2,6-9H2,(H,17,18). The van der Waals surface area contributed by atoms with Gasteiger partial charge in [0.15, 0.2) is 0 Å². The van der Waals surface area contributed by atoms with Crippen molar-refractivity contribution in [2.75, 3.05) is 19.7 Å². The fourth-order valence-electron chi connectivity index (χ4n) is 2.10. The minimum atomic E-state index is -0.326. The monoisotopic (exact) mass is 266 g/mol. The molecule has 0 radical (unpaired) electrons. The van der Waals surface area contributed by atoms with Gasteiger partial charge in [-0.1, -0.05) is 12.5 Å². The summed E-state index contributed by atoms with van der Waals surface area (Å²) in [6, 6.07) is 5.89. The van der Waals surface area contributed by atoms with Gasteiger partial charge in [0.05, 0.1) is 12.6 Å². The molecule has 5 heteroatoms. The van der Waals surface area contributed by atoms with Crippen LogP contribution in [-0.4, -0.2) is 31.6 Å². The van der Waals surface area contributed by atoms with Gasteiger partial charge in [-0.25, -0.2) is 4.39 Å². The normalized spacial score (nSPS) is 18.9. The summed E-state index contributed by atoms with van der Waals surface area (Å²) in [7, 11) is 0. The van der Waals surface area contributed by atoms with E-state index in [-0.39, 0.29) is 17.8 Å². The fraction of sp³-hybridized carbons (Fsp3) is 0.500. The first kappa shape index (κ1) is 13.8. The van der Waals surface area contributed by atoms with Gasteiger partial charge in [0.25, 0.3) is 0 Å². The van der Waals surface area contributed by atoms with Crippen LogP contribution in [0.25, 0.3) is 0 Å². The van der Waals surface area contributed by atoms with Crippen LogP contribution in [0.5, 0.6) is 5.75 Å². The summed E-state index contributed by atoms with van der Waals surface area (Å²) in [6.07, 6.45) is 3.11. The van der Waals surface area contributed by atoms with Crippen molar-refractivity contribution in [2.24, 2.45) is 0 Å². The maximum absolute atomic E-state index is 12.9. The lowest BCUT2D eigenvalue weighted by Crippen LogP contribution is -2.47. The average molecular weight is 266 g/mol. The number of benzene rings is 1. The molecule has 1 aliphatic heterocycles. The molecule has 2 N–H and O–H groups in total. The molecule has 4 nitrogen and oxygen atoms in total. The van der Waals surface area contributed by atoms with Gasteiger partial charge in [-0.15, -0.1) is 0 Å². The van der Waals surface area contributed by atoms with Crippen LogP contribution in [-0.2, 0) is 4.79 Å². The van der Waals surface area contributed by atoms with Gasteiger partial charge in [-0.2, -0.15) is 0 Å². The molecular formula is C14H19FN2O2. The highest BCUT2D eigenvalue weighted by Gasteiger charge is 2.19. The fourth-order valence-corrected chi connectivity index (χ4v) is 2.10. The zero-order valence-electron chi connectivity index (χ0n) is 10.8. The van der Waals surface area contributed by atoms with Gasteiger partial charge in [0, 0.05) is 6.07 Å². The first-order chi connectivity index (χ1) is 9.25. The van der Waals surface area contributed by atoms with E-state index in [1.165, 1.54) is 12.1 Å². The topological polar surface area (TPSA) is 50.4 Å². The van der Waals surface area contributed by atoms with Gasteiger partial charge >= 0.3 is 0 Å². The van der Waals surface area contributed by atoms with Crippen LogP contribution in [0.4, 0.5) is 4.39 Å². The third-order valence-electron chi connectivity index (χ3n) is 3.09. The van der Waals surface area contributed by atoms with Crippen molar-refractivity contribution in [3.05, 3.63) is 30.1 Å². The van der Waals surface area contributed by atoms with Crippen molar-refractivity contribution in [1.82, 2.24) is 10.6 Å². The third-order valence-corrected chi connectivity index (χ3v) is 3.09. The quantitative estimate of drug-likeness (QED) is 0.793. The van der Waals surface area contributed by atoms with Crippen LogP contribution < -0.4 is 15.4 Å². The van der Waals surface area contributed by atoms with E-state index in [0.29, 0.717) is 18.9 Å². The van der Waals surface area contributed by atoms with Crippen molar-refractivity contribution in [1.29, 1.82) is 0 Å². The number of rotatable bonds is 5. The van der Waals surface area contributed by atoms with Crippen LogP contribution in [0.15, 0.2) is 24.3 Å². The zero-order valence-corrected chi connectivity index (χ0v) is 10.8. The Bertz CT molecular complexity index is 420. The molecule has 19 heavy (non-hydrogen) atoms. The van der Waals surface area contributed by atoms with Gasteiger partial charge in [0.2, 0.25) is 5.91 Å². The zero-order chi connectivity index (χ0) is 13.5. The lowest BCUT2D eigenvalue weighted by atomic mass is 10.0. The van der Waals surface area contributed by atoms with Gasteiger partial charge in [-0.05, 0) is 31.5 Å². The molecule has 1 fully saturated rings. The smallest absolute Gasteiger partial charge is 0.237 e. The van der Waals surface area contributed by atoms with Crippen LogP contribution >= 0.6 is 0 Å². The van der Waals surface area contributed by atoms with E-state index in [2.05, 4.69) is 10.6 Å². The van der Waals surface area contributed by atoms with E-state index in [4.69, 9.17) is 4.74 Å². The number of hydrogen-bond acceptors (Lipinski definition) is 3. The van der Waals surface area contributed by atoms with Crippen LogP contribution in [0, 0.1) is 5.82 Å². The Labute approximate surface area is 112 Å². The summed E-state index contributed by atoms with van der Waals surface area (Å²) in [5.41, 5.74) is 0. The number of ether oxygens (including phenoxy) is 1. The van der Waals surface area contributed by atoms with Crippen LogP contribution in [0.1, 0.15) is 19.3 Å². The summed E-state index contributed by atoms with van der Waals surface area (Å²) < 4.78 is 18.2. The second-order valence-electron chi connectivity index (χ2n) is 4.60. The molecule has 0 bridgehead atoms. The summed E-state index contributed by atoms with van der Waals surface area (Å²) in [5.74, 6) is 0.167. The van der Waals surface area contributed by atoms with Gasteiger partial charge in [0.1, 0.15) is 18.2 Å². The minimum Gasteiger partial charge on any atom is -0.492 e. The molecule has 0 saturated carbocycles. The molecule has 0 aromatic heterocycles. The van der Waals surface area contributed by atoms with E-state index < -0.39 is 0 Å². The predicted octanol–water partition coefficient (Wildman–Crippen LogP) is 1.46. The molecule has 1 heterocycles. The summed E-state index contributed by atoms with van der Waals surface area (Å²) in [5, 5.41) is 6.00. The summed E-state index contributed by atoms with van der Waals surface area (Å²) in [6.45, 7) is 1.66. The molecule has 104 valence electrons. The molecule has 1 saturated heterocycles. The lowest BCUT2D eigenvalue weighted by molar-refractivity contribution is -0.123. The highest BCUT2D eigenvalue weighted by atomic mass is 19.1. The predicted molar refractivity (Wildman–Crippen MR) is 70.5 cm³/mol. The van der Waals surface area contributed by atoms with Crippen molar-refractivity contribution < 1.29 is 13.9 Å². The number of amides is 1. The van der Waals surface area contributed by atoms with Crippen molar-refractivity contribution in [2.45, 2.75) is 25.3 Å². The van der Waals surface area contributed by atoms with Crippen LogP contribution in [0.3, 0.4) is 0 Å². The van der Waals surface area contributed by atoms with Crippen molar-refractivity contribution in [3.8, 4) is 5.75 Å². The molecule has 0 aliphatic carbocycles. The molecular weight excluding hydrogens is 247 g/mol. The van der Waals surface area contributed by atoms with E-state index in [1.807, 2.05) is 0 Å². The van der Waals surface area contributed by atoms with E-state index in [9.17, 15) is 9.18 Å². The number of nitrogens with one attached hydrogen (secondary N) is 2. The Balaban J connectivity index is 1.65. The molecule has 0 spiro atoms. The minimum absolute atomic E-state index is 0.0162. The number of carbonyl (C=O) groups is 1. The van der Waals surface area contributed by atoms with E-state index in [0.717, 1.165) is 25.8 Å². The lowest BCUT2D eigenvalue weighted by Gasteiger charge is -2.22. The Morgan fingerprint density at radius 1 is 1.47 bits per heavy atom. The maximum Gasteiger partial charge on any atom is 0.237 e. The third kappa shape index (κ3) is 4.52. The number of carbonyl (C=O) groups excluding carboxylic acids is 1. The largest absolute Gasteiger partial charge is 0.492 e. The Morgan fingerprint density at radius 3 is 3.11 bits per heavy atom. The Hall–Kier alpha value is -1.62. The Morgan fingerprint density at radius 2 is 2.37 bits per heavy atom. The van der Waals surface area contributed by atoms with Crippen LogP contribution in [0.2, 0.25) is 0 Å². The second-order valence-corrected chi connectivity index (χ2v) is 4.60. The SMILES string of the molecule is O=C(NCCOc1cccc(F)c1)C1CCCCN1. The number of hydrogen-bond donors (Lipinski definition) is 2. The number of halogens is 1.